The third kappa shape index (κ3) is 1.18. The Bertz CT molecular complexity index is 249. The van der Waals surface area contributed by atoms with Gasteiger partial charge in [-0.05, 0) is 22.9 Å². The number of aryl methyl sites for hydroxylation is 1. The van der Waals surface area contributed by atoms with E-state index in [-0.39, 0.29) is 5.82 Å². The molecule has 4 nitrogen and oxygen atoms in total. The van der Waals surface area contributed by atoms with E-state index in [4.69, 9.17) is 5.11 Å². The third-order valence-corrected chi connectivity index (χ3v) is 1.80. The first-order chi connectivity index (χ1) is 4.61. The lowest BCUT2D eigenvalue weighted by molar-refractivity contribution is 0.0684. The van der Waals surface area contributed by atoms with Gasteiger partial charge in [0.05, 0.1) is 0 Å². The number of carboxylic acids is 1. The second-order valence-corrected chi connectivity index (χ2v) is 2.56. The molecule has 0 spiro atoms. The second kappa shape index (κ2) is 2.42. The van der Waals surface area contributed by atoms with Crippen LogP contribution in [0.3, 0.4) is 0 Å². The number of aromatic carboxylic acids is 1. The molecule has 5 heteroatoms. The fourth-order valence-electron chi connectivity index (χ4n) is 0.540. The van der Waals surface area contributed by atoms with E-state index in [1.807, 2.05) is 0 Å². The molecular weight excluding hydrogens is 200 g/mol. The summed E-state index contributed by atoms with van der Waals surface area (Å²) < 4.78 is 0.546. The van der Waals surface area contributed by atoms with Crippen LogP contribution in [0.5, 0.6) is 0 Å². The number of aromatic amines is 1. The highest BCUT2D eigenvalue weighted by molar-refractivity contribution is 9.10. The zero-order valence-electron chi connectivity index (χ0n) is 5.18. The molecule has 0 aromatic carbocycles. The van der Waals surface area contributed by atoms with E-state index in [9.17, 15) is 4.79 Å². The van der Waals surface area contributed by atoms with E-state index in [1.165, 1.54) is 0 Å². The summed E-state index contributed by atoms with van der Waals surface area (Å²) in [4.78, 5) is 16.5. The number of hydrogen-bond acceptors (Lipinski definition) is 2. The Balaban J connectivity index is 3.10. The summed E-state index contributed by atoms with van der Waals surface area (Å²) in [6.45, 7) is 1.74. The van der Waals surface area contributed by atoms with E-state index in [0.717, 1.165) is 5.69 Å². The Morgan fingerprint density at radius 2 is 2.40 bits per heavy atom. The van der Waals surface area contributed by atoms with Crippen molar-refractivity contribution in [3.63, 3.8) is 0 Å². The number of H-pyrrole nitrogens is 1. The lowest BCUT2D eigenvalue weighted by Crippen LogP contribution is -1.98. The molecule has 1 aromatic heterocycles. The van der Waals surface area contributed by atoms with Crippen molar-refractivity contribution in [1.82, 2.24) is 9.97 Å². The van der Waals surface area contributed by atoms with Crippen LogP contribution >= 0.6 is 15.9 Å². The molecule has 0 saturated carbocycles. The second-order valence-electron chi connectivity index (χ2n) is 1.81. The van der Waals surface area contributed by atoms with E-state index in [2.05, 4.69) is 25.9 Å². The lowest BCUT2D eigenvalue weighted by Gasteiger charge is -1.81. The highest BCUT2D eigenvalue weighted by Gasteiger charge is 2.08. The van der Waals surface area contributed by atoms with Gasteiger partial charge in [0, 0.05) is 5.69 Å². The van der Waals surface area contributed by atoms with Gasteiger partial charge in [-0.25, -0.2) is 9.78 Å². The van der Waals surface area contributed by atoms with E-state index >= 15 is 0 Å². The van der Waals surface area contributed by atoms with Crippen LogP contribution in [0.15, 0.2) is 4.60 Å². The van der Waals surface area contributed by atoms with Crippen molar-refractivity contribution in [1.29, 1.82) is 0 Å². The molecule has 10 heavy (non-hydrogen) atoms. The highest BCUT2D eigenvalue weighted by atomic mass is 79.9. The summed E-state index contributed by atoms with van der Waals surface area (Å²) in [5, 5.41) is 8.41. The fraction of sp³-hybridized carbons (Fsp3) is 0.200. The lowest BCUT2D eigenvalue weighted by atomic mass is 10.6. The smallest absolute Gasteiger partial charge is 0.371 e. The SMILES string of the molecule is Cc1[nH]c(C(=O)O)nc1Br. The first-order valence-electron chi connectivity index (χ1n) is 2.56. The quantitative estimate of drug-likeness (QED) is 0.723. The number of nitrogens with one attached hydrogen (secondary N) is 1. The van der Waals surface area contributed by atoms with Crippen LogP contribution in [-0.4, -0.2) is 21.0 Å². The number of imidazole rings is 1. The van der Waals surface area contributed by atoms with Crippen molar-refractivity contribution in [3.05, 3.63) is 16.1 Å². The highest BCUT2D eigenvalue weighted by Crippen LogP contribution is 2.11. The molecule has 1 heterocycles. The van der Waals surface area contributed by atoms with Crippen molar-refractivity contribution in [2.75, 3.05) is 0 Å². The Hall–Kier alpha value is -0.840. The maximum absolute atomic E-state index is 10.3. The number of carbonyl (C=O) groups is 1. The molecule has 0 unspecified atom stereocenters. The standard InChI is InChI=1S/C5H5BrN2O2/c1-2-3(6)8-4(7-2)5(9)10/h1H3,(H,7,8)(H,9,10). The molecule has 0 aliphatic rings. The van der Waals surface area contributed by atoms with Gasteiger partial charge >= 0.3 is 5.97 Å². The summed E-state index contributed by atoms with van der Waals surface area (Å²) in [5.41, 5.74) is 0.720. The molecule has 1 aromatic rings. The summed E-state index contributed by atoms with van der Waals surface area (Å²) >= 11 is 3.08. The summed E-state index contributed by atoms with van der Waals surface area (Å²) in [7, 11) is 0. The summed E-state index contributed by atoms with van der Waals surface area (Å²) in [5.74, 6) is -1.09. The van der Waals surface area contributed by atoms with Gasteiger partial charge < -0.3 is 10.1 Å². The predicted octanol–water partition coefficient (Wildman–Crippen LogP) is 1.18. The molecule has 0 atom stereocenters. The van der Waals surface area contributed by atoms with Crippen LogP contribution in [-0.2, 0) is 0 Å². The van der Waals surface area contributed by atoms with Crippen LogP contribution in [0.1, 0.15) is 16.3 Å². The van der Waals surface area contributed by atoms with Crippen LogP contribution in [0, 0.1) is 6.92 Å². The number of aromatic nitrogens is 2. The Morgan fingerprint density at radius 1 is 1.80 bits per heavy atom. The molecule has 0 amide bonds. The van der Waals surface area contributed by atoms with Crippen LogP contribution in [0.25, 0.3) is 0 Å². The Kier molecular flexibility index (Phi) is 1.76. The number of carboxylic acid groups (broad SMARTS) is 1. The topological polar surface area (TPSA) is 66.0 Å². The molecule has 0 aliphatic carbocycles. The number of halogens is 1. The van der Waals surface area contributed by atoms with Gasteiger partial charge in [-0.15, -0.1) is 0 Å². The molecule has 0 radical (unpaired) electrons. The maximum Gasteiger partial charge on any atom is 0.371 e. The molecule has 2 N–H and O–H groups in total. The minimum absolute atomic E-state index is 0.0376. The van der Waals surface area contributed by atoms with Gasteiger partial charge in [0.2, 0.25) is 5.82 Å². The minimum Gasteiger partial charge on any atom is -0.475 e. The molecule has 0 aliphatic heterocycles. The zero-order valence-corrected chi connectivity index (χ0v) is 6.77. The molecule has 0 fully saturated rings. The van der Waals surface area contributed by atoms with Crippen LogP contribution < -0.4 is 0 Å². The van der Waals surface area contributed by atoms with Gasteiger partial charge in [-0.3, -0.25) is 0 Å². The van der Waals surface area contributed by atoms with Crippen molar-refractivity contribution >= 4 is 21.9 Å². The van der Waals surface area contributed by atoms with Gasteiger partial charge in [0.1, 0.15) is 4.60 Å². The van der Waals surface area contributed by atoms with Crippen molar-refractivity contribution in [2.24, 2.45) is 0 Å². The van der Waals surface area contributed by atoms with Gasteiger partial charge in [0.15, 0.2) is 0 Å². The van der Waals surface area contributed by atoms with Crippen molar-refractivity contribution in [2.45, 2.75) is 6.92 Å². The largest absolute Gasteiger partial charge is 0.475 e. The number of nitrogens with zero attached hydrogens (tertiary/aromatic N) is 1. The van der Waals surface area contributed by atoms with E-state index in [1.54, 1.807) is 6.92 Å². The minimum atomic E-state index is -1.05. The monoisotopic (exact) mass is 204 g/mol. The molecule has 0 saturated heterocycles. The number of hydrogen-bond donors (Lipinski definition) is 2. The Labute approximate surface area is 65.4 Å². The first-order valence-corrected chi connectivity index (χ1v) is 3.36. The predicted molar refractivity (Wildman–Crippen MR) is 38.0 cm³/mol. The first kappa shape index (κ1) is 7.27. The fourth-order valence-corrected chi connectivity index (χ4v) is 0.817. The van der Waals surface area contributed by atoms with Gasteiger partial charge in [-0.1, -0.05) is 0 Å². The molecule has 0 bridgehead atoms. The molecule has 54 valence electrons. The Morgan fingerprint density at radius 3 is 2.60 bits per heavy atom. The zero-order chi connectivity index (χ0) is 7.72. The van der Waals surface area contributed by atoms with Crippen molar-refractivity contribution < 1.29 is 9.90 Å². The average Bonchev–Trinajstić information content (AvgIpc) is 2.13. The summed E-state index contributed by atoms with van der Waals surface area (Å²) in [6, 6.07) is 0. The summed E-state index contributed by atoms with van der Waals surface area (Å²) in [6.07, 6.45) is 0. The van der Waals surface area contributed by atoms with Crippen LogP contribution in [0.4, 0.5) is 0 Å². The average molecular weight is 205 g/mol. The maximum atomic E-state index is 10.3. The third-order valence-electron chi connectivity index (χ3n) is 1.03. The van der Waals surface area contributed by atoms with Gasteiger partial charge in [0.25, 0.3) is 0 Å². The normalized spacial score (nSPS) is 9.80. The van der Waals surface area contributed by atoms with E-state index in [0.29, 0.717) is 4.60 Å². The van der Waals surface area contributed by atoms with E-state index < -0.39 is 5.97 Å². The van der Waals surface area contributed by atoms with Gasteiger partial charge in [-0.2, -0.15) is 0 Å². The molecule has 1 rings (SSSR count). The van der Waals surface area contributed by atoms with Crippen molar-refractivity contribution in [3.8, 4) is 0 Å². The number of rotatable bonds is 1. The van der Waals surface area contributed by atoms with Crippen LogP contribution in [0.2, 0.25) is 0 Å². The molecular formula is C5H5BrN2O2.